The number of nitrogens with one attached hydrogen (secondary N) is 3. The molecular weight excluding hydrogens is 396 g/mol. The fourth-order valence-corrected chi connectivity index (χ4v) is 4.74. The number of para-hydroxylation sites is 2. The van der Waals surface area contributed by atoms with Crippen LogP contribution in [0.2, 0.25) is 0 Å². The molecule has 3 N–H and O–H groups in total. The first-order valence-electron chi connectivity index (χ1n) is 8.39. The molecule has 2 aromatic carbocycles. The molecule has 0 bridgehead atoms. The number of hydrogen-bond acceptors (Lipinski definition) is 5. The molecule has 142 valence electrons. The Morgan fingerprint density at radius 3 is 2.54 bits per heavy atom. The first-order valence-corrected chi connectivity index (χ1v) is 10.8. The molecular formula is C19H16N4O3S2. The van der Waals surface area contributed by atoms with Gasteiger partial charge in [0.05, 0.1) is 17.5 Å². The van der Waals surface area contributed by atoms with Crippen LogP contribution in [0.3, 0.4) is 0 Å². The van der Waals surface area contributed by atoms with Gasteiger partial charge in [-0.1, -0.05) is 30.3 Å². The van der Waals surface area contributed by atoms with Gasteiger partial charge in [0.15, 0.2) is 0 Å². The van der Waals surface area contributed by atoms with Gasteiger partial charge >= 0.3 is 0 Å². The van der Waals surface area contributed by atoms with Crippen LogP contribution in [-0.4, -0.2) is 24.3 Å². The maximum atomic E-state index is 12.2. The van der Waals surface area contributed by atoms with Gasteiger partial charge in [0.2, 0.25) is 11.9 Å². The predicted molar refractivity (Wildman–Crippen MR) is 110 cm³/mol. The van der Waals surface area contributed by atoms with Gasteiger partial charge in [-0.05, 0) is 41.3 Å². The second-order valence-electron chi connectivity index (χ2n) is 6.06. The van der Waals surface area contributed by atoms with Crippen LogP contribution in [0.5, 0.6) is 0 Å². The number of aromatic amines is 1. The number of H-pyrrole nitrogens is 1. The van der Waals surface area contributed by atoms with Crippen molar-refractivity contribution in [3.05, 3.63) is 71.6 Å². The van der Waals surface area contributed by atoms with Crippen LogP contribution in [0.4, 0.5) is 11.6 Å². The van der Waals surface area contributed by atoms with Gasteiger partial charge in [0, 0.05) is 5.69 Å². The van der Waals surface area contributed by atoms with Gasteiger partial charge in [-0.25, -0.2) is 13.4 Å². The Labute approximate surface area is 165 Å². The van der Waals surface area contributed by atoms with Gasteiger partial charge in [0.1, 0.15) is 4.21 Å². The lowest BCUT2D eigenvalue weighted by molar-refractivity contribution is -0.115. The predicted octanol–water partition coefficient (Wildman–Crippen LogP) is 3.61. The quantitative estimate of drug-likeness (QED) is 0.450. The summed E-state index contributed by atoms with van der Waals surface area (Å²) in [4.78, 5) is 19.6. The van der Waals surface area contributed by atoms with Crippen molar-refractivity contribution in [2.75, 3.05) is 10.0 Å². The molecule has 0 aliphatic carbocycles. The van der Waals surface area contributed by atoms with Crippen molar-refractivity contribution in [2.45, 2.75) is 10.6 Å². The van der Waals surface area contributed by atoms with Crippen LogP contribution in [0.1, 0.15) is 5.56 Å². The number of rotatable bonds is 6. The molecule has 0 aliphatic rings. The first kappa shape index (κ1) is 18.2. The number of fused-ring (bicyclic) bond motifs is 1. The number of carbonyl (C=O) groups excluding carboxylic acids is 1. The summed E-state index contributed by atoms with van der Waals surface area (Å²) in [6.07, 6.45) is 0.148. The molecule has 4 rings (SSSR count). The highest BCUT2D eigenvalue weighted by molar-refractivity contribution is 7.94. The Bertz CT molecular complexity index is 1180. The molecule has 9 heteroatoms. The fraction of sp³-hybridized carbons (Fsp3) is 0.0526. The van der Waals surface area contributed by atoms with Crippen molar-refractivity contribution in [2.24, 2.45) is 0 Å². The summed E-state index contributed by atoms with van der Waals surface area (Å²) >= 11 is 1.15. The van der Waals surface area contributed by atoms with E-state index in [9.17, 15) is 13.2 Å². The Hall–Kier alpha value is -3.17. The first-order chi connectivity index (χ1) is 13.5. The molecule has 0 unspecified atom stereocenters. The lowest BCUT2D eigenvalue weighted by Crippen LogP contribution is -2.15. The molecule has 0 radical (unpaired) electrons. The molecule has 4 aromatic rings. The number of thiophene rings is 1. The summed E-state index contributed by atoms with van der Waals surface area (Å²) in [7, 11) is -3.58. The lowest BCUT2D eigenvalue weighted by atomic mass is 10.1. The Morgan fingerprint density at radius 2 is 1.82 bits per heavy atom. The minimum Gasteiger partial charge on any atom is -0.324 e. The van der Waals surface area contributed by atoms with Crippen LogP contribution in [-0.2, 0) is 21.2 Å². The van der Waals surface area contributed by atoms with Crippen LogP contribution in [0.15, 0.2) is 70.3 Å². The maximum absolute atomic E-state index is 12.2. The van der Waals surface area contributed by atoms with Crippen LogP contribution in [0, 0.1) is 0 Å². The van der Waals surface area contributed by atoms with Gasteiger partial charge in [-0.3, -0.25) is 14.8 Å². The minimum atomic E-state index is -3.58. The summed E-state index contributed by atoms with van der Waals surface area (Å²) in [6, 6.07) is 17.4. The van der Waals surface area contributed by atoms with Crippen molar-refractivity contribution in [3.8, 4) is 0 Å². The number of carbonyl (C=O) groups is 1. The number of amides is 1. The highest BCUT2D eigenvalue weighted by Crippen LogP contribution is 2.20. The minimum absolute atomic E-state index is 0.148. The molecule has 0 saturated heterocycles. The lowest BCUT2D eigenvalue weighted by Gasteiger charge is -2.07. The number of benzene rings is 2. The van der Waals surface area contributed by atoms with Crippen molar-refractivity contribution in [1.82, 2.24) is 9.97 Å². The SMILES string of the molecule is O=C(Cc1ccc(NS(=O)(=O)c2cccs2)cc1)Nc1nc2ccccc2[nH]1. The number of sulfonamides is 1. The number of hydrogen-bond donors (Lipinski definition) is 3. The summed E-state index contributed by atoms with van der Waals surface area (Å²) in [5.41, 5.74) is 2.82. The summed E-state index contributed by atoms with van der Waals surface area (Å²) in [6.45, 7) is 0. The third-order valence-electron chi connectivity index (χ3n) is 3.98. The topological polar surface area (TPSA) is 104 Å². The number of aromatic nitrogens is 2. The van der Waals surface area contributed by atoms with Gasteiger partial charge in [0.25, 0.3) is 10.0 Å². The van der Waals surface area contributed by atoms with Crippen molar-refractivity contribution < 1.29 is 13.2 Å². The zero-order valence-corrected chi connectivity index (χ0v) is 16.2. The number of anilines is 2. The zero-order chi connectivity index (χ0) is 19.6. The van der Waals surface area contributed by atoms with Gasteiger partial charge in [-0.15, -0.1) is 11.3 Å². The molecule has 0 atom stereocenters. The van der Waals surface area contributed by atoms with Crippen molar-refractivity contribution in [3.63, 3.8) is 0 Å². The third-order valence-corrected chi connectivity index (χ3v) is 6.76. The van der Waals surface area contributed by atoms with E-state index in [1.54, 1.807) is 41.8 Å². The second-order valence-corrected chi connectivity index (χ2v) is 8.92. The highest BCUT2D eigenvalue weighted by Gasteiger charge is 2.15. The third kappa shape index (κ3) is 4.05. The molecule has 28 heavy (non-hydrogen) atoms. The molecule has 0 saturated carbocycles. The molecule has 2 heterocycles. The van der Waals surface area contributed by atoms with E-state index in [0.717, 1.165) is 27.9 Å². The van der Waals surface area contributed by atoms with E-state index < -0.39 is 10.0 Å². The number of imidazole rings is 1. The van der Waals surface area contributed by atoms with Crippen LogP contribution < -0.4 is 10.0 Å². The molecule has 7 nitrogen and oxygen atoms in total. The fourth-order valence-electron chi connectivity index (χ4n) is 2.69. The summed E-state index contributed by atoms with van der Waals surface area (Å²) < 4.78 is 27.2. The Morgan fingerprint density at radius 1 is 1.04 bits per heavy atom. The van der Waals surface area contributed by atoms with Crippen LogP contribution in [0.25, 0.3) is 11.0 Å². The largest absolute Gasteiger partial charge is 0.324 e. The summed E-state index contributed by atoms with van der Waals surface area (Å²) in [5, 5.41) is 4.44. The normalized spacial score (nSPS) is 11.4. The standard InChI is InChI=1S/C19H16N4O3S2/c24-17(22-19-20-15-4-1-2-5-16(15)21-19)12-13-7-9-14(10-8-13)23-28(25,26)18-6-3-11-27-18/h1-11,23H,12H2,(H2,20,21,22,24). The molecule has 1 amide bonds. The second kappa shape index (κ2) is 7.45. The van der Waals surface area contributed by atoms with E-state index >= 15 is 0 Å². The Kier molecular flexibility index (Phi) is 4.84. The average Bonchev–Trinajstić information content (AvgIpc) is 3.32. The van der Waals surface area contributed by atoms with Crippen molar-refractivity contribution in [1.29, 1.82) is 0 Å². The average molecular weight is 412 g/mol. The van der Waals surface area contributed by atoms with Crippen LogP contribution >= 0.6 is 11.3 Å². The molecule has 0 spiro atoms. The van der Waals surface area contributed by atoms with E-state index in [-0.39, 0.29) is 16.5 Å². The number of nitrogens with zero attached hydrogens (tertiary/aromatic N) is 1. The molecule has 2 aromatic heterocycles. The van der Waals surface area contributed by atoms with Gasteiger partial charge < -0.3 is 4.98 Å². The Balaban J connectivity index is 1.39. The van der Waals surface area contributed by atoms with E-state index in [0.29, 0.717) is 11.6 Å². The van der Waals surface area contributed by atoms with E-state index in [1.807, 2.05) is 24.3 Å². The smallest absolute Gasteiger partial charge is 0.271 e. The monoisotopic (exact) mass is 412 g/mol. The summed E-state index contributed by atoms with van der Waals surface area (Å²) in [5.74, 6) is 0.178. The maximum Gasteiger partial charge on any atom is 0.271 e. The van der Waals surface area contributed by atoms with Gasteiger partial charge in [-0.2, -0.15) is 0 Å². The zero-order valence-electron chi connectivity index (χ0n) is 14.5. The van der Waals surface area contributed by atoms with E-state index in [4.69, 9.17) is 0 Å². The molecule has 0 fully saturated rings. The highest BCUT2D eigenvalue weighted by atomic mass is 32.2. The van der Waals surface area contributed by atoms with E-state index in [1.165, 1.54) is 0 Å². The molecule has 0 aliphatic heterocycles. The van der Waals surface area contributed by atoms with E-state index in [2.05, 4.69) is 20.0 Å². The van der Waals surface area contributed by atoms with Crippen molar-refractivity contribution >= 4 is 49.9 Å².